The molecule has 0 N–H and O–H groups in total. The maximum absolute atomic E-state index is 12.8. The number of hydrogen-bond acceptors (Lipinski definition) is 5. The number of pyridine rings is 1. The fourth-order valence-corrected chi connectivity index (χ4v) is 5.79. The molecule has 0 saturated heterocycles. The first-order valence-electron chi connectivity index (χ1n) is 7.53. The Morgan fingerprint density at radius 2 is 1.95 bits per heavy atom. The molecular formula is C16H21NO4S. The molecule has 1 atom stereocenters. The van der Waals surface area contributed by atoms with E-state index in [2.05, 4.69) is 4.98 Å². The van der Waals surface area contributed by atoms with E-state index in [0.29, 0.717) is 19.3 Å². The Bertz CT molecular complexity index is 685. The van der Waals surface area contributed by atoms with E-state index in [4.69, 9.17) is 4.74 Å². The largest absolute Gasteiger partial charge is 0.460 e. The molecule has 6 heteroatoms. The maximum Gasteiger partial charge on any atom is 0.309 e. The first-order chi connectivity index (χ1) is 10.1. The van der Waals surface area contributed by atoms with Crippen molar-refractivity contribution in [3.63, 3.8) is 0 Å². The van der Waals surface area contributed by atoms with Crippen molar-refractivity contribution in [2.24, 2.45) is 11.8 Å². The van der Waals surface area contributed by atoms with Crippen LogP contribution in [-0.4, -0.2) is 29.7 Å². The van der Waals surface area contributed by atoms with Crippen LogP contribution in [0.3, 0.4) is 0 Å². The number of sulfone groups is 1. The molecule has 0 spiro atoms. The molecule has 5 nitrogen and oxygen atoms in total. The fourth-order valence-electron chi connectivity index (χ4n) is 3.62. The van der Waals surface area contributed by atoms with Gasteiger partial charge < -0.3 is 4.74 Å². The summed E-state index contributed by atoms with van der Waals surface area (Å²) >= 11 is 0. The maximum atomic E-state index is 12.8. The monoisotopic (exact) mass is 323 g/mol. The second kappa shape index (κ2) is 4.78. The van der Waals surface area contributed by atoms with Crippen molar-refractivity contribution in [1.29, 1.82) is 0 Å². The Kier molecular flexibility index (Phi) is 3.36. The summed E-state index contributed by atoms with van der Waals surface area (Å²) in [4.78, 5) is 16.3. The molecule has 0 amide bonds. The lowest BCUT2D eigenvalue weighted by atomic mass is 9.81. The van der Waals surface area contributed by atoms with E-state index in [0.717, 1.165) is 0 Å². The number of aromatic nitrogens is 1. The molecule has 120 valence electrons. The molecule has 0 radical (unpaired) electrons. The van der Waals surface area contributed by atoms with Crippen molar-refractivity contribution in [1.82, 2.24) is 4.98 Å². The van der Waals surface area contributed by atoms with E-state index in [1.807, 2.05) is 20.8 Å². The number of rotatable bonds is 3. The highest BCUT2D eigenvalue weighted by molar-refractivity contribution is 7.92. The SMILES string of the molecule is CC(C)(C)OC(=O)C1CC2(S(=O)(=O)c3ccccn3)CC1C2. The van der Waals surface area contributed by atoms with E-state index in [-0.39, 0.29) is 22.8 Å². The van der Waals surface area contributed by atoms with E-state index < -0.39 is 20.2 Å². The first-order valence-corrected chi connectivity index (χ1v) is 9.02. The summed E-state index contributed by atoms with van der Waals surface area (Å²) < 4.78 is 30.3. The number of carbonyl (C=O) groups is 1. The summed E-state index contributed by atoms with van der Waals surface area (Å²) in [5, 5.41) is 0.110. The highest BCUT2D eigenvalue weighted by Gasteiger charge is 2.65. The molecule has 3 saturated carbocycles. The van der Waals surface area contributed by atoms with E-state index >= 15 is 0 Å². The molecule has 1 aromatic heterocycles. The Morgan fingerprint density at radius 3 is 2.50 bits per heavy atom. The zero-order chi connectivity index (χ0) is 16.2. The normalized spacial score (nSPS) is 30.7. The van der Waals surface area contributed by atoms with Crippen molar-refractivity contribution >= 4 is 15.8 Å². The second-order valence-corrected chi connectivity index (χ2v) is 9.66. The Balaban J connectivity index is 1.81. The Hall–Kier alpha value is -1.43. The summed E-state index contributed by atoms with van der Waals surface area (Å²) in [6.45, 7) is 5.47. The van der Waals surface area contributed by atoms with Crippen molar-refractivity contribution in [2.45, 2.75) is 55.4 Å². The van der Waals surface area contributed by atoms with Crippen LogP contribution in [0.2, 0.25) is 0 Å². The molecule has 3 fully saturated rings. The highest BCUT2D eigenvalue weighted by atomic mass is 32.2. The van der Waals surface area contributed by atoms with Gasteiger partial charge in [0.05, 0.1) is 10.7 Å². The van der Waals surface area contributed by atoms with Gasteiger partial charge in [0.25, 0.3) is 0 Å². The molecule has 1 unspecified atom stereocenters. The Labute approximate surface area is 131 Å². The highest BCUT2D eigenvalue weighted by Crippen LogP contribution is 2.61. The van der Waals surface area contributed by atoms with Crippen molar-refractivity contribution in [3.05, 3.63) is 24.4 Å². The van der Waals surface area contributed by atoms with Gasteiger partial charge in [-0.15, -0.1) is 0 Å². The zero-order valence-electron chi connectivity index (χ0n) is 13.1. The number of esters is 1. The summed E-state index contributed by atoms with van der Waals surface area (Å²) in [6, 6.07) is 4.89. The van der Waals surface area contributed by atoms with Gasteiger partial charge in [-0.3, -0.25) is 4.79 Å². The summed E-state index contributed by atoms with van der Waals surface area (Å²) in [5.41, 5.74) is -0.545. The van der Waals surface area contributed by atoms with E-state index in [1.54, 1.807) is 12.1 Å². The predicted molar refractivity (Wildman–Crippen MR) is 80.8 cm³/mol. The average Bonchev–Trinajstić information content (AvgIpc) is 2.94. The summed E-state index contributed by atoms with van der Waals surface area (Å²) in [7, 11) is -3.50. The predicted octanol–water partition coefficient (Wildman–Crippen LogP) is 2.37. The number of fused-ring (bicyclic) bond motifs is 1. The third-order valence-corrected chi connectivity index (χ3v) is 7.05. The molecule has 3 aliphatic rings. The average molecular weight is 323 g/mol. The molecule has 0 aliphatic heterocycles. The van der Waals surface area contributed by atoms with Gasteiger partial charge in [0.1, 0.15) is 5.60 Å². The van der Waals surface area contributed by atoms with E-state index in [1.165, 1.54) is 12.3 Å². The van der Waals surface area contributed by atoms with E-state index in [9.17, 15) is 13.2 Å². The molecular weight excluding hydrogens is 302 g/mol. The number of hydrogen-bond donors (Lipinski definition) is 0. The molecule has 1 aromatic rings. The van der Waals surface area contributed by atoms with Gasteiger partial charge in [0.15, 0.2) is 5.03 Å². The van der Waals surface area contributed by atoms with Crippen molar-refractivity contribution in [3.8, 4) is 0 Å². The smallest absolute Gasteiger partial charge is 0.309 e. The molecule has 3 aliphatic carbocycles. The van der Waals surface area contributed by atoms with Crippen LogP contribution in [0, 0.1) is 11.8 Å². The first kappa shape index (κ1) is 15.5. The molecule has 4 rings (SSSR count). The van der Waals surface area contributed by atoms with Crippen LogP contribution in [0.15, 0.2) is 29.4 Å². The van der Waals surface area contributed by atoms with Gasteiger partial charge in [-0.05, 0) is 58.1 Å². The third-order valence-electron chi connectivity index (χ3n) is 4.62. The second-order valence-electron chi connectivity index (χ2n) is 7.37. The minimum atomic E-state index is -3.50. The lowest BCUT2D eigenvalue weighted by Gasteiger charge is -2.37. The lowest BCUT2D eigenvalue weighted by Crippen LogP contribution is -2.43. The molecule has 1 heterocycles. The van der Waals surface area contributed by atoms with Crippen LogP contribution < -0.4 is 0 Å². The molecule has 2 bridgehead atoms. The van der Waals surface area contributed by atoms with Crippen LogP contribution in [0.4, 0.5) is 0 Å². The summed E-state index contributed by atoms with van der Waals surface area (Å²) in [6.07, 6.45) is 2.91. The molecule has 22 heavy (non-hydrogen) atoms. The summed E-state index contributed by atoms with van der Waals surface area (Å²) in [5.74, 6) is -0.459. The number of ether oxygens (including phenoxy) is 1. The van der Waals surface area contributed by atoms with Gasteiger partial charge in [-0.1, -0.05) is 6.07 Å². The van der Waals surface area contributed by atoms with Gasteiger partial charge in [0, 0.05) is 6.20 Å². The van der Waals surface area contributed by atoms with Gasteiger partial charge in [0.2, 0.25) is 9.84 Å². The minimum absolute atomic E-state index is 0.110. The molecule has 0 aromatic carbocycles. The van der Waals surface area contributed by atoms with Crippen molar-refractivity contribution < 1.29 is 17.9 Å². The van der Waals surface area contributed by atoms with Crippen LogP contribution in [-0.2, 0) is 19.4 Å². The minimum Gasteiger partial charge on any atom is -0.460 e. The standard InChI is InChI=1S/C16H21NO4S/c1-15(2,3)21-14(18)12-10-16(8-11(12)9-16)22(19,20)13-6-4-5-7-17-13/h4-7,11-12H,8-10H2,1-3H3. The zero-order valence-corrected chi connectivity index (χ0v) is 13.9. The Morgan fingerprint density at radius 1 is 1.27 bits per heavy atom. The van der Waals surface area contributed by atoms with Crippen LogP contribution >= 0.6 is 0 Å². The fraction of sp³-hybridized carbons (Fsp3) is 0.625. The van der Waals surface area contributed by atoms with Crippen LogP contribution in [0.25, 0.3) is 0 Å². The van der Waals surface area contributed by atoms with Gasteiger partial charge >= 0.3 is 5.97 Å². The number of nitrogens with zero attached hydrogens (tertiary/aromatic N) is 1. The van der Waals surface area contributed by atoms with Gasteiger partial charge in [-0.2, -0.15) is 0 Å². The van der Waals surface area contributed by atoms with Crippen LogP contribution in [0.5, 0.6) is 0 Å². The third kappa shape index (κ3) is 2.33. The quantitative estimate of drug-likeness (QED) is 0.798. The lowest BCUT2D eigenvalue weighted by molar-refractivity contribution is -0.160. The van der Waals surface area contributed by atoms with Crippen LogP contribution in [0.1, 0.15) is 40.0 Å². The van der Waals surface area contributed by atoms with Crippen molar-refractivity contribution in [2.75, 3.05) is 0 Å². The van der Waals surface area contributed by atoms with Gasteiger partial charge in [-0.25, -0.2) is 13.4 Å². The number of carbonyl (C=O) groups excluding carboxylic acids is 1. The topological polar surface area (TPSA) is 73.3 Å².